The summed E-state index contributed by atoms with van der Waals surface area (Å²) in [7, 11) is 0. The van der Waals surface area contributed by atoms with Crippen LogP contribution in [0.5, 0.6) is 0 Å². The first-order valence-electron chi connectivity index (χ1n) is 5.53. The van der Waals surface area contributed by atoms with Gasteiger partial charge in [0.15, 0.2) is 5.13 Å². The predicted octanol–water partition coefficient (Wildman–Crippen LogP) is 3.51. The van der Waals surface area contributed by atoms with Gasteiger partial charge in [0, 0.05) is 5.69 Å². The molecule has 4 nitrogen and oxygen atoms in total. The van der Waals surface area contributed by atoms with E-state index >= 15 is 0 Å². The van der Waals surface area contributed by atoms with E-state index < -0.39 is 5.97 Å². The van der Waals surface area contributed by atoms with Gasteiger partial charge in [-0.25, -0.2) is 9.78 Å². The predicted molar refractivity (Wildman–Crippen MR) is 73.0 cm³/mol. The number of carboxylic acid groups (broad SMARTS) is 1. The van der Waals surface area contributed by atoms with E-state index in [9.17, 15) is 4.79 Å². The molecular weight excluding hydrogens is 248 g/mol. The van der Waals surface area contributed by atoms with Gasteiger partial charge in [0.2, 0.25) is 0 Å². The van der Waals surface area contributed by atoms with Crippen molar-refractivity contribution in [2.75, 3.05) is 5.32 Å². The molecule has 5 heteroatoms. The second-order valence-electron chi connectivity index (χ2n) is 4.13. The number of carbonyl (C=O) groups is 1. The van der Waals surface area contributed by atoms with Crippen LogP contribution in [0.3, 0.4) is 0 Å². The van der Waals surface area contributed by atoms with Gasteiger partial charge in [0.05, 0.1) is 5.69 Å². The van der Waals surface area contributed by atoms with E-state index in [-0.39, 0.29) is 4.88 Å². The third kappa shape index (κ3) is 2.36. The lowest BCUT2D eigenvalue weighted by Gasteiger charge is -2.09. The Morgan fingerprint density at radius 2 is 1.89 bits per heavy atom. The van der Waals surface area contributed by atoms with Crippen LogP contribution >= 0.6 is 11.3 Å². The van der Waals surface area contributed by atoms with Crippen molar-refractivity contribution in [2.24, 2.45) is 0 Å². The molecule has 2 rings (SSSR count). The summed E-state index contributed by atoms with van der Waals surface area (Å²) in [6.45, 7) is 5.72. The second kappa shape index (κ2) is 4.78. The highest BCUT2D eigenvalue weighted by Gasteiger charge is 2.14. The largest absolute Gasteiger partial charge is 0.477 e. The van der Waals surface area contributed by atoms with Crippen molar-refractivity contribution in [3.63, 3.8) is 0 Å². The number of aromatic nitrogens is 1. The summed E-state index contributed by atoms with van der Waals surface area (Å²) in [6, 6.07) is 6.01. The molecule has 0 atom stereocenters. The van der Waals surface area contributed by atoms with E-state index in [1.54, 1.807) is 6.92 Å². The van der Waals surface area contributed by atoms with E-state index in [1.807, 2.05) is 32.0 Å². The van der Waals surface area contributed by atoms with Gasteiger partial charge < -0.3 is 10.4 Å². The molecule has 0 spiro atoms. The molecule has 18 heavy (non-hydrogen) atoms. The first-order chi connectivity index (χ1) is 8.49. The first-order valence-corrected chi connectivity index (χ1v) is 6.34. The van der Waals surface area contributed by atoms with Crippen molar-refractivity contribution >= 4 is 28.1 Å². The van der Waals surface area contributed by atoms with Crippen LogP contribution in [0.15, 0.2) is 18.2 Å². The average molecular weight is 262 g/mol. The standard InChI is InChI=1S/C13H14N2O2S/c1-7-5-4-6-8(2)10(7)15-13-14-9(3)11(18-13)12(16)17/h4-6H,1-3H3,(H,14,15)(H,16,17). The van der Waals surface area contributed by atoms with Crippen LogP contribution in [0.25, 0.3) is 0 Å². The Balaban J connectivity index is 2.35. The monoisotopic (exact) mass is 262 g/mol. The van der Waals surface area contributed by atoms with Crippen molar-refractivity contribution in [2.45, 2.75) is 20.8 Å². The summed E-state index contributed by atoms with van der Waals surface area (Å²) in [4.78, 5) is 15.5. The number of para-hydroxylation sites is 1. The van der Waals surface area contributed by atoms with E-state index in [2.05, 4.69) is 10.3 Å². The molecule has 0 aliphatic rings. The Morgan fingerprint density at radius 3 is 2.39 bits per heavy atom. The molecule has 0 fully saturated rings. The number of nitrogens with zero attached hydrogens (tertiary/aromatic N) is 1. The molecule has 0 bridgehead atoms. The quantitative estimate of drug-likeness (QED) is 0.888. The normalized spacial score (nSPS) is 10.4. The first kappa shape index (κ1) is 12.6. The molecule has 1 aromatic heterocycles. The summed E-state index contributed by atoms with van der Waals surface area (Å²) in [5.41, 5.74) is 3.75. The molecule has 2 N–H and O–H groups in total. The number of benzene rings is 1. The number of nitrogens with one attached hydrogen (secondary N) is 1. The smallest absolute Gasteiger partial charge is 0.347 e. The van der Waals surface area contributed by atoms with Gasteiger partial charge in [-0.3, -0.25) is 0 Å². The van der Waals surface area contributed by atoms with Gasteiger partial charge in [0.1, 0.15) is 4.88 Å². The van der Waals surface area contributed by atoms with Crippen molar-refractivity contribution in [1.29, 1.82) is 0 Å². The molecule has 0 saturated carbocycles. The van der Waals surface area contributed by atoms with Gasteiger partial charge in [-0.05, 0) is 31.9 Å². The number of thiazole rings is 1. The summed E-state index contributed by atoms with van der Waals surface area (Å²) in [5, 5.41) is 12.8. The minimum Gasteiger partial charge on any atom is -0.477 e. The molecular formula is C13H14N2O2S. The van der Waals surface area contributed by atoms with E-state index in [0.717, 1.165) is 28.2 Å². The maximum Gasteiger partial charge on any atom is 0.347 e. The molecule has 1 aromatic carbocycles. The van der Waals surface area contributed by atoms with E-state index in [0.29, 0.717) is 10.8 Å². The lowest BCUT2D eigenvalue weighted by atomic mass is 10.1. The van der Waals surface area contributed by atoms with Crippen LogP contribution in [-0.4, -0.2) is 16.1 Å². The number of hydrogen-bond acceptors (Lipinski definition) is 4. The summed E-state index contributed by atoms with van der Waals surface area (Å²) in [5.74, 6) is -0.931. The molecule has 0 unspecified atom stereocenters. The Kier molecular flexibility index (Phi) is 3.34. The zero-order chi connectivity index (χ0) is 13.3. The van der Waals surface area contributed by atoms with Crippen LogP contribution in [0, 0.1) is 20.8 Å². The number of carboxylic acids is 1. The lowest BCUT2D eigenvalue weighted by Crippen LogP contribution is -1.95. The van der Waals surface area contributed by atoms with Crippen LogP contribution in [0.2, 0.25) is 0 Å². The highest BCUT2D eigenvalue weighted by atomic mass is 32.1. The van der Waals surface area contributed by atoms with Crippen LogP contribution in [0.1, 0.15) is 26.5 Å². The lowest BCUT2D eigenvalue weighted by molar-refractivity contribution is 0.0701. The van der Waals surface area contributed by atoms with E-state index in [4.69, 9.17) is 5.11 Å². The maximum atomic E-state index is 11.0. The van der Waals surface area contributed by atoms with Crippen molar-refractivity contribution in [3.05, 3.63) is 39.9 Å². The fourth-order valence-electron chi connectivity index (χ4n) is 1.77. The van der Waals surface area contributed by atoms with Gasteiger partial charge in [0.25, 0.3) is 0 Å². The minimum atomic E-state index is -0.931. The molecule has 0 radical (unpaired) electrons. The average Bonchev–Trinajstić information content (AvgIpc) is 2.65. The minimum absolute atomic E-state index is 0.281. The van der Waals surface area contributed by atoms with Gasteiger partial charge in [-0.2, -0.15) is 0 Å². The van der Waals surface area contributed by atoms with Crippen molar-refractivity contribution in [1.82, 2.24) is 4.98 Å². The van der Waals surface area contributed by atoms with Gasteiger partial charge >= 0.3 is 5.97 Å². The third-order valence-electron chi connectivity index (χ3n) is 2.70. The van der Waals surface area contributed by atoms with Crippen molar-refractivity contribution in [3.8, 4) is 0 Å². The van der Waals surface area contributed by atoms with Crippen LogP contribution < -0.4 is 5.32 Å². The summed E-state index contributed by atoms with van der Waals surface area (Å²) >= 11 is 1.16. The third-order valence-corrected chi connectivity index (χ3v) is 3.76. The molecule has 1 heterocycles. The molecule has 0 amide bonds. The molecule has 94 valence electrons. The van der Waals surface area contributed by atoms with E-state index in [1.165, 1.54) is 0 Å². The Labute approximate surface area is 109 Å². The fraction of sp³-hybridized carbons (Fsp3) is 0.231. The second-order valence-corrected chi connectivity index (χ2v) is 5.13. The zero-order valence-electron chi connectivity index (χ0n) is 10.4. The topological polar surface area (TPSA) is 62.2 Å². The summed E-state index contributed by atoms with van der Waals surface area (Å²) < 4.78 is 0. The number of hydrogen-bond donors (Lipinski definition) is 2. The molecule has 2 aromatic rings. The Bertz CT molecular complexity index is 585. The molecule has 0 aliphatic carbocycles. The number of rotatable bonds is 3. The fourth-order valence-corrected chi connectivity index (χ4v) is 2.58. The van der Waals surface area contributed by atoms with Crippen LogP contribution in [-0.2, 0) is 0 Å². The Hall–Kier alpha value is -1.88. The zero-order valence-corrected chi connectivity index (χ0v) is 11.3. The molecule has 0 saturated heterocycles. The highest BCUT2D eigenvalue weighted by molar-refractivity contribution is 7.17. The van der Waals surface area contributed by atoms with Gasteiger partial charge in [-0.15, -0.1) is 0 Å². The van der Waals surface area contributed by atoms with Gasteiger partial charge in [-0.1, -0.05) is 29.5 Å². The Morgan fingerprint density at radius 1 is 1.28 bits per heavy atom. The molecule has 0 aliphatic heterocycles. The van der Waals surface area contributed by atoms with Crippen molar-refractivity contribution < 1.29 is 9.90 Å². The van der Waals surface area contributed by atoms with Crippen LogP contribution in [0.4, 0.5) is 10.8 Å². The maximum absolute atomic E-state index is 11.0. The number of aryl methyl sites for hydroxylation is 3. The number of anilines is 2. The SMILES string of the molecule is Cc1cccc(C)c1Nc1nc(C)c(C(=O)O)s1. The number of aromatic carboxylic acids is 1. The summed E-state index contributed by atoms with van der Waals surface area (Å²) in [6.07, 6.45) is 0. The highest BCUT2D eigenvalue weighted by Crippen LogP contribution is 2.29.